The third-order valence-corrected chi connectivity index (χ3v) is 1.54. The van der Waals surface area contributed by atoms with Crippen molar-refractivity contribution in [1.82, 2.24) is 0 Å². The summed E-state index contributed by atoms with van der Waals surface area (Å²) in [7, 11) is 0. The summed E-state index contributed by atoms with van der Waals surface area (Å²) in [6, 6.07) is 5.52. The highest BCUT2D eigenvalue weighted by atomic mass is 16.5. The molecule has 0 aliphatic heterocycles. The molecule has 0 saturated carbocycles. The van der Waals surface area contributed by atoms with Crippen LogP contribution in [-0.2, 0) is 0 Å². The smallest absolute Gasteiger partial charge is 0.178 e. The van der Waals surface area contributed by atoms with Crippen LogP contribution < -0.4 is 0 Å². The molecule has 0 radical (unpaired) electrons. The monoisotopic (exact) mass is 152 g/mol. The van der Waals surface area contributed by atoms with Crippen LogP contribution in [0.25, 0.3) is 0 Å². The van der Waals surface area contributed by atoms with E-state index in [2.05, 4.69) is 0 Å². The summed E-state index contributed by atoms with van der Waals surface area (Å²) in [5, 5.41) is 17.7. The highest BCUT2D eigenvalue weighted by molar-refractivity contribution is 5.28. The highest BCUT2D eigenvalue weighted by Gasteiger charge is 2.02. The third kappa shape index (κ3) is 2.03. The van der Waals surface area contributed by atoms with Crippen molar-refractivity contribution in [3.8, 4) is 0 Å². The van der Waals surface area contributed by atoms with E-state index in [1.54, 1.807) is 12.1 Å². The summed E-state index contributed by atoms with van der Waals surface area (Å²) >= 11 is 0. The summed E-state index contributed by atoms with van der Waals surface area (Å²) < 4.78 is 0. The van der Waals surface area contributed by atoms with Crippen LogP contribution >= 0.6 is 0 Å². The minimum Gasteiger partial charge on any atom is -0.364 e. The van der Waals surface area contributed by atoms with E-state index < -0.39 is 6.29 Å². The Labute approximate surface area is 66.1 Å². The van der Waals surface area contributed by atoms with Crippen molar-refractivity contribution in [3.05, 3.63) is 34.9 Å². The van der Waals surface area contributed by atoms with E-state index in [1.807, 2.05) is 19.9 Å². The lowest BCUT2D eigenvalue weighted by molar-refractivity contribution is -0.0425. The predicted molar refractivity (Wildman–Crippen MR) is 43.1 cm³/mol. The van der Waals surface area contributed by atoms with Crippen molar-refractivity contribution < 1.29 is 10.2 Å². The molecule has 0 atom stereocenters. The van der Waals surface area contributed by atoms with E-state index in [0.29, 0.717) is 5.56 Å². The summed E-state index contributed by atoms with van der Waals surface area (Å²) in [4.78, 5) is 0. The summed E-state index contributed by atoms with van der Waals surface area (Å²) in [5.41, 5.74) is 2.66. The maximum atomic E-state index is 8.83. The van der Waals surface area contributed by atoms with E-state index in [0.717, 1.165) is 11.1 Å². The Morgan fingerprint density at radius 1 is 1.00 bits per heavy atom. The van der Waals surface area contributed by atoms with Gasteiger partial charge in [0.25, 0.3) is 0 Å². The van der Waals surface area contributed by atoms with Crippen molar-refractivity contribution in [3.63, 3.8) is 0 Å². The molecule has 0 aromatic heterocycles. The zero-order valence-electron chi connectivity index (χ0n) is 6.70. The molecule has 0 bridgehead atoms. The zero-order valence-corrected chi connectivity index (χ0v) is 6.70. The fourth-order valence-electron chi connectivity index (χ4n) is 1.16. The predicted octanol–water partition coefficient (Wildman–Crippen LogP) is 1.29. The van der Waals surface area contributed by atoms with Crippen LogP contribution in [0.1, 0.15) is 23.0 Å². The molecule has 0 fully saturated rings. The molecule has 0 aliphatic carbocycles. The van der Waals surface area contributed by atoms with Crippen LogP contribution in [0.4, 0.5) is 0 Å². The third-order valence-electron chi connectivity index (χ3n) is 1.54. The average molecular weight is 152 g/mol. The second kappa shape index (κ2) is 3.03. The van der Waals surface area contributed by atoms with Crippen LogP contribution in [0.3, 0.4) is 0 Å². The van der Waals surface area contributed by atoms with E-state index >= 15 is 0 Å². The molecule has 0 unspecified atom stereocenters. The standard InChI is InChI=1S/C9H12O2/c1-6-3-7(2)5-8(4-6)9(10)11/h3-5,9-11H,1-2H3. The summed E-state index contributed by atoms with van der Waals surface area (Å²) in [6.45, 7) is 3.86. The van der Waals surface area contributed by atoms with Crippen LogP contribution in [0.5, 0.6) is 0 Å². The van der Waals surface area contributed by atoms with Gasteiger partial charge in [-0.1, -0.05) is 29.3 Å². The molecule has 60 valence electrons. The van der Waals surface area contributed by atoms with Crippen LogP contribution in [-0.4, -0.2) is 10.2 Å². The lowest BCUT2D eigenvalue weighted by atomic mass is 10.1. The van der Waals surface area contributed by atoms with Gasteiger partial charge in [-0.3, -0.25) is 0 Å². The highest BCUT2D eigenvalue weighted by Crippen LogP contribution is 2.13. The summed E-state index contributed by atoms with van der Waals surface area (Å²) in [5.74, 6) is 0. The van der Waals surface area contributed by atoms with E-state index in [4.69, 9.17) is 10.2 Å². The van der Waals surface area contributed by atoms with E-state index in [9.17, 15) is 0 Å². The molecular formula is C9H12O2. The Morgan fingerprint density at radius 2 is 1.45 bits per heavy atom. The number of hydrogen-bond acceptors (Lipinski definition) is 2. The van der Waals surface area contributed by atoms with Gasteiger partial charge in [-0.2, -0.15) is 0 Å². The van der Waals surface area contributed by atoms with Gasteiger partial charge < -0.3 is 10.2 Å². The van der Waals surface area contributed by atoms with Gasteiger partial charge in [0, 0.05) is 5.56 Å². The van der Waals surface area contributed by atoms with Gasteiger partial charge in [-0.25, -0.2) is 0 Å². The molecular weight excluding hydrogens is 140 g/mol. The maximum absolute atomic E-state index is 8.83. The van der Waals surface area contributed by atoms with Gasteiger partial charge in [0.2, 0.25) is 0 Å². The van der Waals surface area contributed by atoms with Crippen molar-refractivity contribution in [2.75, 3.05) is 0 Å². The van der Waals surface area contributed by atoms with Gasteiger partial charge in [0.15, 0.2) is 6.29 Å². The largest absolute Gasteiger partial charge is 0.364 e. The van der Waals surface area contributed by atoms with Crippen LogP contribution in [0.2, 0.25) is 0 Å². The Balaban J connectivity index is 3.08. The molecule has 1 aromatic carbocycles. The first-order valence-corrected chi connectivity index (χ1v) is 3.54. The topological polar surface area (TPSA) is 40.5 Å². The molecule has 0 saturated heterocycles. The number of aliphatic hydroxyl groups excluding tert-OH is 1. The van der Waals surface area contributed by atoms with Crippen molar-refractivity contribution in [1.29, 1.82) is 0 Å². The van der Waals surface area contributed by atoms with E-state index in [-0.39, 0.29) is 0 Å². The van der Waals surface area contributed by atoms with Gasteiger partial charge >= 0.3 is 0 Å². The van der Waals surface area contributed by atoms with Crippen LogP contribution in [0.15, 0.2) is 18.2 Å². The molecule has 11 heavy (non-hydrogen) atoms. The molecule has 0 amide bonds. The number of hydrogen-bond donors (Lipinski definition) is 2. The van der Waals surface area contributed by atoms with Crippen molar-refractivity contribution in [2.24, 2.45) is 0 Å². The number of rotatable bonds is 1. The minimum absolute atomic E-state index is 0.558. The fourth-order valence-corrected chi connectivity index (χ4v) is 1.16. The Bertz CT molecular complexity index is 233. The van der Waals surface area contributed by atoms with Gasteiger partial charge in [0.1, 0.15) is 0 Å². The molecule has 1 rings (SSSR count). The van der Waals surface area contributed by atoms with Gasteiger partial charge in [-0.05, 0) is 13.8 Å². The summed E-state index contributed by atoms with van der Waals surface area (Å²) in [6.07, 6.45) is -1.35. The quantitative estimate of drug-likeness (QED) is 0.595. The van der Waals surface area contributed by atoms with Gasteiger partial charge in [0.05, 0.1) is 0 Å². The Morgan fingerprint density at radius 3 is 1.82 bits per heavy atom. The normalized spacial score (nSPS) is 10.6. The first kappa shape index (κ1) is 8.24. The molecule has 0 aliphatic rings. The second-order valence-electron chi connectivity index (χ2n) is 2.79. The minimum atomic E-state index is -1.35. The Hall–Kier alpha value is -0.860. The second-order valence-corrected chi connectivity index (χ2v) is 2.79. The lowest BCUT2D eigenvalue weighted by Gasteiger charge is -2.05. The maximum Gasteiger partial charge on any atom is 0.178 e. The first-order chi connectivity index (χ1) is 5.09. The lowest BCUT2D eigenvalue weighted by Crippen LogP contribution is -1.95. The fraction of sp³-hybridized carbons (Fsp3) is 0.333. The molecule has 2 nitrogen and oxygen atoms in total. The van der Waals surface area contributed by atoms with Gasteiger partial charge in [-0.15, -0.1) is 0 Å². The molecule has 2 heteroatoms. The Kier molecular flexibility index (Phi) is 2.27. The van der Waals surface area contributed by atoms with Crippen LogP contribution in [0, 0.1) is 13.8 Å². The zero-order chi connectivity index (χ0) is 8.43. The first-order valence-electron chi connectivity index (χ1n) is 3.54. The number of aryl methyl sites for hydroxylation is 2. The SMILES string of the molecule is Cc1cc(C)cc(C(O)O)c1. The molecule has 1 aromatic rings. The van der Waals surface area contributed by atoms with E-state index in [1.165, 1.54) is 0 Å². The average Bonchev–Trinajstić information content (AvgIpc) is 1.85. The molecule has 0 spiro atoms. The molecule has 2 N–H and O–H groups in total. The molecule has 0 heterocycles. The van der Waals surface area contributed by atoms with Crippen molar-refractivity contribution >= 4 is 0 Å². The number of aliphatic hydroxyl groups is 2. The van der Waals surface area contributed by atoms with Crippen molar-refractivity contribution in [2.45, 2.75) is 20.1 Å². The number of benzene rings is 1.